The molecule has 2 fully saturated rings. The number of rotatable bonds is 6. The molecule has 7 heteroatoms. The molecular weight excluding hydrogens is 350 g/mol. The van der Waals surface area contributed by atoms with Crippen molar-refractivity contribution >= 4 is 5.82 Å². The van der Waals surface area contributed by atoms with E-state index in [1.165, 1.54) is 44.3 Å². The Morgan fingerprint density at radius 3 is 2.50 bits per heavy atom. The zero-order valence-electron chi connectivity index (χ0n) is 17.5. The van der Waals surface area contributed by atoms with Gasteiger partial charge in [-0.25, -0.2) is 4.98 Å². The molecule has 4 heterocycles. The Morgan fingerprint density at radius 2 is 1.79 bits per heavy atom. The average molecular weight is 384 g/mol. The van der Waals surface area contributed by atoms with Crippen molar-refractivity contribution in [1.82, 2.24) is 29.5 Å². The lowest BCUT2D eigenvalue weighted by Crippen LogP contribution is -2.35. The molecule has 2 aromatic heterocycles. The molecule has 152 valence electrons. The lowest BCUT2D eigenvalue weighted by molar-refractivity contribution is 0.194. The quantitative estimate of drug-likeness (QED) is 0.763. The monoisotopic (exact) mass is 383 g/mol. The number of hydrogen-bond donors (Lipinski definition) is 0. The predicted octanol–water partition coefficient (Wildman–Crippen LogP) is 2.25. The largest absolute Gasteiger partial charge is 0.363 e. The highest BCUT2D eigenvalue weighted by Crippen LogP contribution is 2.27. The van der Waals surface area contributed by atoms with Crippen LogP contribution in [0.4, 0.5) is 5.82 Å². The predicted molar refractivity (Wildman–Crippen MR) is 111 cm³/mol. The van der Waals surface area contributed by atoms with Gasteiger partial charge >= 0.3 is 0 Å². The van der Waals surface area contributed by atoms with Crippen LogP contribution < -0.4 is 4.90 Å². The van der Waals surface area contributed by atoms with E-state index in [9.17, 15) is 0 Å². The van der Waals surface area contributed by atoms with Crippen LogP contribution in [0.2, 0.25) is 0 Å². The minimum atomic E-state index is 0.465. The Bertz CT molecular complexity index is 762. The summed E-state index contributed by atoms with van der Waals surface area (Å²) in [6, 6.07) is 4.30. The first kappa shape index (κ1) is 19.3. The van der Waals surface area contributed by atoms with E-state index in [1.54, 1.807) is 0 Å². The molecule has 0 radical (unpaired) electrons. The molecule has 4 rings (SSSR count). The van der Waals surface area contributed by atoms with Gasteiger partial charge in [0.05, 0.1) is 6.54 Å². The molecular formula is C21H33N7. The lowest BCUT2D eigenvalue weighted by Gasteiger charge is -2.32. The van der Waals surface area contributed by atoms with Gasteiger partial charge in [-0.3, -0.25) is 9.80 Å². The average Bonchev–Trinajstić information content (AvgIpc) is 3.33. The first-order chi connectivity index (χ1) is 13.6. The minimum absolute atomic E-state index is 0.465. The maximum Gasteiger partial charge on any atom is 0.146 e. The van der Waals surface area contributed by atoms with E-state index in [2.05, 4.69) is 48.7 Å². The molecule has 1 atom stereocenters. The standard InChI is InChI=1S/C21H33N7/c1-25(2)19-9-8-17(13-22-19)14-28-12-6-7-18(15-28)21-24-23-20(26(21)3)16-27-10-4-5-11-27/h8-9,13,18H,4-7,10-12,14-16H2,1-3H3/t18-/m0/s1. The molecule has 0 saturated carbocycles. The van der Waals surface area contributed by atoms with Crippen molar-refractivity contribution in [3.05, 3.63) is 35.5 Å². The number of piperidine rings is 1. The van der Waals surface area contributed by atoms with Gasteiger partial charge in [-0.15, -0.1) is 10.2 Å². The molecule has 0 spiro atoms. The van der Waals surface area contributed by atoms with E-state index in [1.807, 2.05) is 25.2 Å². The highest BCUT2D eigenvalue weighted by atomic mass is 15.3. The van der Waals surface area contributed by atoms with Crippen molar-refractivity contribution in [2.75, 3.05) is 45.2 Å². The molecule has 0 aromatic carbocycles. The van der Waals surface area contributed by atoms with Gasteiger partial charge in [0.1, 0.15) is 17.5 Å². The van der Waals surface area contributed by atoms with Crippen LogP contribution in [0.1, 0.15) is 48.8 Å². The Hall–Kier alpha value is -1.99. The van der Waals surface area contributed by atoms with Crippen molar-refractivity contribution < 1.29 is 0 Å². The van der Waals surface area contributed by atoms with E-state index in [0.717, 1.165) is 43.6 Å². The van der Waals surface area contributed by atoms with E-state index < -0.39 is 0 Å². The highest BCUT2D eigenvalue weighted by molar-refractivity contribution is 5.37. The van der Waals surface area contributed by atoms with Crippen molar-refractivity contribution in [1.29, 1.82) is 0 Å². The molecule has 0 amide bonds. The summed E-state index contributed by atoms with van der Waals surface area (Å²) in [6.07, 6.45) is 7.04. The van der Waals surface area contributed by atoms with Gasteiger partial charge in [0, 0.05) is 46.3 Å². The first-order valence-corrected chi connectivity index (χ1v) is 10.6. The molecule has 2 aliphatic heterocycles. The number of pyridine rings is 1. The molecule has 0 unspecified atom stereocenters. The topological polar surface area (TPSA) is 53.3 Å². The van der Waals surface area contributed by atoms with Gasteiger partial charge in [-0.1, -0.05) is 6.07 Å². The van der Waals surface area contributed by atoms with E-state index >= 15 is 0 Å². The van der Waals surface area contributed by atoms with Crippen molar-refractivity contribution in [2.24, 2.45) is 7.05 Å². The number of likely N-dealkylation sites (tertiary alicyclic amines) is 2. The van der Waals surface area contributed by atoms with Crippen LogP contribution in [0.3, 0.4) is 0 Å². The first-order valence-electron chi connectivity index (χ1n) is 10.6. The van der Waals surface area contributed by atoms with Crippen LogP contribution in [-0.4, -0.2) is 69.8 Å². The number of anilines is 1. The Balaban J connectivity index is 1.39. The summed E-state index contributed by atoms with van der Waals surface area (Å²) in [7, 11) is 6.19. The Morgan fingerprint density at radius 1 is 1.00 bits per heavy atom. The number of hydrogen-bond acceptors (Lipinski definition) is 6. The zero-order valence-corrected chi connectivity index (χ0v) is 17.5. The van der Waals surface area contributed by atoms with Crippen molar-refractivity contribution in [3.63, 3.8) is 0 Å². The van der Waals surface area contributed by atoms with Crippen LogP contribution in [0.5, 0.6) is 0 Å². The smallest absolute Gasteiger partial charge is 0.146 e. The van der Waals surface area contributed by atoms with Crippen LogP contribution in [0, 0.1) is 0 Å². The molecule has 2 aliphatic rings. The van der Waals surface area contributed by atoms with Crippen molar-refractivity contribution in [3.8, 4) is 0 Å². The van der Waals surface area contributed by atoms with Gasteiger partial charge in [0.2, 0.25) is 0 Å². The SMILES string of the molecule is CN(C)c1ccc(CN2CCC[C@H](c3nnc(CN4CCCC4)n3C)C2)cn1. The van der Waals surface area contributed by atoms with E-state index in [-0.39, 0.29) is 0 Å². The van der Waals surface area contributed by atoms with Gasteiger partial charge in [-0.2, -0.15) is 0 Å². The van der Waals surface area contributed by atoms with E-state index in [4.69, 9.17) is 0 Å². The normalized spacial score (nSPS) is 21.3. The summed E-state index contributed by atoms with van der Waals surface area (Å²) in [6.45, 7) is 6.47. The summed E-state index contributed by atoms with van der Waals surface area (Å²) in [5.74, 6) is 3.73. The fourth-order valence-electron chi connectivity index (χ4n) is 4.45. The summed E-state index contributed by atoms with van der Waals surface area (Å²) in [5, 5.41) is 9.12. The second kappa shape index (κ2) is 8.57. The number of nitrogens with zero attached hydrogens (tertiary/aromatic N) is 7. The Kier molecular flexibility index (Phi) is 5.92. The fourth-order valence-corrected chi connectivity index (χ4v) is 4.45. The van der Waals surface area contributed by atoms with Crippen molar-refractivity contribution in [2.45, 2.75) is 44.7 Å². The maximum absolute atomic E-state index is 4.60. The van der Waals surface area contributed by atoms with Crippen LogP contribution in [0.25, 0.3) is 0 Å². The Labute approximate surface area is 168 Å². The van der Waals surface area contributed by atoms with Gasteiger partial charge in [-0.05, 0) is 56.9 Å². The lowest BCUT2D eigenvalue weighted by atomic mass is 9.97. The molecule has 0 bridgehead atoms. The maximum atomic E-state index is 4.60. The second-order valence-electron chi connectivity index (χ2n) is 8.51. The summed E-state index contributed by atoms with van der Waals surface area (Å²) >= 11 is 0. The minimum Gasteiger partial charge on any atom is -0.363 e. The van der Waals surface area contributed by atoms with Crippen LogP contribution >= 0.6 is 0 Å². The third-order valence-corrected chi connectivity index (χ3v) is 6.11. The number of aromatic nitrogens is 4. The zero-order chi connectivity index (χ0) is 19.5. The van der Waals surface area contributed by atoms with Gasteiger partial charge in [0.25, 0.3) is 0 Å². The third-order valence-electron chi connectivity index (χ3n) is 6.11. The van der Waals surface area contributed by atoms with Crippen LogP contribution in [-0.2, 0) is 20.1 Å². The molecule has 2 saturated heterocycles. The summed E-state index contributed by atoms with van der Waals surface area (Å²) in [4.78, 5) is 11.6. The molecule has 28 heavy (non-hydrogen) atoms. The fraction of sp³-hybridized carbons (Fsp3) is 0.667. The highest BCUT2D eigenvalue weighted by Gasteiger charge is 2.26. The van der Waals surface area contributed by atoms with Gasteiger partial charge in [0.15, 0.2) is 0 Å². The van der Waals surface area contributed by atoms with Gasteiger partial charge < -0.3 is 9.47 Å². The molecule has 7 nitrogen and oxygen atoms in total. The second-order valence-corrected chi connectivity index (χ2v) is 8.51. The molecule has 0 N–H and O–H groups in total. The van der Waals surface area contributed by atoms with E-state index in [0.29, 0.717) is 5.92 Å². The summed E-state index contributed by atoms with van der Waals surface area (Å²) in [5.41, 5.74) is 1.28. The third kappa shape index (κ3) is 4.36. The summed E-state index contributed by atoms with van der Waals surface area (Å²) < 4.78 is 2.25. The molecule has 0 aliphatic carbocycles. The van der Waals surface area contributed by atoms with Crippen LogP contribution in [0.15, 0.2) is 18.3 Å². The molecule has 2 aromatic rings.